The van der Waals surface area contributed by atoms with Crippen molar-refractivity contribution in [3.05, 3.63) is 77.5 Å². The number of amides is 1. The van der Waals surface area contributed by atoms with Crippen molar-refractivity contribution >= 4 is 16.9 Å². The Balaban J connectivity index is 1.42. The molecule has 1 saturated heterocycles. The summed E-state index contributed by atoms with van der Waals surface area (Å²) in [5.41, 5.74) is 4.67. The van der Waals surface area contributed by atoms with Gasteiger partial charge in [0, 0.05) is 54.1 Å². The number of carbonyl (C=O) groups excluding carboxylic acids is 1. The number of fused-ring (bicyclic) bond motifs is 1. The van der Waals surface area contributed by atoms with Crippen molar-refractivity contribution in [1.29, 1.82) is 0 Å². The molecule has 1 aromatic carbocycles. The first-order chi connectivity index (χ1) is 15.5. The van der Waals surface area contributed by atoms with Crippen molar-refractivity contribution in [1.82, 2.24) is 30.4 Å². The van der Waals surface area contributed by atoms with Crippen LogP contribution in [0.2, 0.25) is 0 Å². The molecule has 2 atom stereocenters. The molecule has 162 valence electrons. The van der Waals surface area contributed by atoms with E-state index in [0.717, 1.165) is 41.0 Å². The Hall–Kier alpha value is -3.65. The highest BCUT2D eigenvalue weighted by Crippen LogP contribution is 2.28. The second-order valence-electron chi connectivity index (χ2n) is 8.34. The molecule has 32 heavy (non-hydrogen) atoms. The van der Waals surface area contributed by atoms with Gasteiger partial charge in [0.25, 0.3) is 5.91 Å². The number of rotatable bonds is 4. The van der Waals surface area contributed by atoms with E-state index in [2.05, 4.69) is 30.4 Å². The Kier molecular flexibility index (Phi) is 5.14. The molecule has 1 aliphatic rings. The molecule has 0 saturated carbocycles. The third-order valence-electron chi connectivity index (χ3n) is 5.97. The molecule has 4 aromatic rings. The first kappa shape index (κ1) is 20.3. The molecule has 5 rings (SSSR count). The molecule has 0 bridgehead atoms. The van der Waals surface area contributed by atoms with Crippen molar-refractivity contribution in [2.45, 2.75) is 18.9 Å². The van der Waals surface area contributed by atoms with Gasteiger partial charge in [0.1, 0.15) is 5.82 Å². The summed E-state index contributed by atoms with van der Waals surface area (Å²) in [6.45, 7) is 3.44. The first-order valence-corrected chi connectivity index (χ1v) is 10.5. The van der Waals surface area contributed by atoms with Gasteiger partial charge in [-0.2, -0.15) is 5.10 Å². The van der Waals surface area contributed by atoms with Crippen LogP contribution in [0.1, 0.15) is 27.5 Å². The van der Waals surface area contributed by atoms with E-state index in [9.17, 15) is 9.18 Å². The van der Waals surface area contributed by atoms with Crippen LogP contribution in [0.4, 0.5) is 4.39 Å². The molecule has 1 fully saturated rings. The van der Waals surface area contributed by atoms with Gasteiger partial charge in [0.05, 0.1) is 11.3 Å². The summed E-state index contributed by atoms with van der Waals surface area (Å²) in [5.74, 6) is -0.365. The highest BCUT2D eigenvalue weighted by atomic mass is 19.1. The fourth-order valence-electron chi connectivity index (χ4n) is 4.39. The van der Waals surface area contributed by atoms with Gasteiger partial charge in [-0.05, 0) is 49.9 Å². The number of pyridine rings is 2. The van der Waals surface area contributed by atoms with Crippen LogP contribution in [-0.2, 0) is 0 Å². The molecule has 2 N–H and O–H groups in total. The zero-order chi connectivity index (χ0) is 22.2. The van der Waals surface area contributed by atoms with Crippen LogP contribution < -0.4 is 5.32 Å². The van der Waals surface area contributed by atoms with E-state index in [0.29, 0.717) is 11.2 Å². The van der Waals surface area contributed by atoms with E-state index < -0.39 is 0 Å². The summed E-state index contributed by atoms with van der Waals surface area (Å²) in [5, 5.41) is 11.2. The second kappa shape index (κ2) is 8.12. The maximum atomic E-state index is 13.4. The summed E-state index contributed by atoms with van der Waals surface area (Å²) < 4.78 is 13.4. The molecule has 1 amide bonds. The number of nitrogens with one attached hydrogen (secondary N) is 2. The van der Waals surface area contributed by atoms with Crippen LogP contribution in [0.5, 0.6) is 0 Å². The number of hydrogen-bond acceptors (Lipinski definition) is 5. The number of likely N-dealkylation sites (tertiary alicyclic amines) is 1. The highest BCUT2D eigenvalue weighted by Gasteiger charge is 2.33. The minimum absolute atomic E-state index is 0.0830. The molecular weight excluding hydrogens is 407 g/mol. The molecule has 0 aliphatic carbocycles. The Morgan fingerprint density at radius 2 is 1.97 bits per heavy atom. The number of nitrogens with zero attached hydrogens (tertiary/aromatic N) is 4. The van der Waals surface area contributed by atoms with Crippen LogP contribution in [0, 0.1) is 12.7 Å². The Morgan fingerprint density at radius 1 is 1.16 bits per heavy atom. The summed E-state index contributed by atoms with van der Waals surface area (Å²) in [6.07, 6.45) is 3.29. The molecule has 2 unspecified atom stereocenters. The lowest BCUT2D eigenvalue weighted by atomic mass is 9.94. The van der Waals surface area contributed by atoms with Crippen molar-refractivity contribution in [2.75, 3.05) is 20.1 Å². The normalized spacial score (nSPS) is 18.8. The van der Waals surface area contributed by atoms with E-state index in [-0.39, 0.29) is 23.7 Å². The second-order valence-corrected chi connectivity index (χ2v) is 8.34. The molecule has 1 aliphatic heterocycles. The molecular formula is C24H23FN6O. The predicted octanol–water partition coefficient (Wildman–Crippen LogP) is 3.30. The summed E-state index contributed by atoms with van der Waals surface area (Å²) in [4.78, 5) is 23.9. The minimum atomic E-state index is -0.264. The summed E-state index contributed by atoms with van der Waals surface area (Å²) in [7, 11) is 2.02. The number of aromatic amines is 1. The lowest BCUT2D eigenvalue weighted by Gasteiger charge is -2.20. The predicted molar refractivity (Wildman–Crippen MR) is 120 cm³/mol. The number of likely N-dealkylation sites (N-methyl/N-ethyl adjacent to an activating group) is 1. The molecule has 8 heteroatoms. The fraction of sp³-hybridized carbons (Fsp3) is 0.250. The number of benzene rings is 1. The largest absolute Gasteiger partial charge is 0.347 e. The van der Waals surface area contributed by atoms with Crippen molar-refractivity contribution in [3.63, 3.8) is 0 Å². The van der Waals surface area contributed by atoms with Crippen LogP contribution >= 0.6 is 0 Å². The number of aromatic nitrogens is 4. The SMILES string of the molecule is Cc1cc(-c2[nH]nc3ncc(C(=O)NC4CN(C)CC4c4ccc(F)cc4)cc23)ccn1. The molecule has 0 radical (unpaired) electrons. The van der Waals surface area contributed by atoms with Gasteiger partial charge in [-0.3, -0.25) is 14.9 Å². The quantitative estimate of drug-likeness (QED) is 0.519. The number of halogens is 1. The number of hydrogen-bond donors (Lipinski definition) is 2. The monoisotopic (exact) mass is 430 g/mol. The van der Waals surface area contributed by atoms with E-state index in [1.165, 1.54) is 12.1 Å². The van der Waals surface area contributed by atoms with Crippen LogP contribution in [0.25, 0.3) is 22.3 Å². The average molecular weight is 430 g/mol. The van der Waals surface area contributed by atoms with E-state index >= 15 is 0 Å². The Labute approximate surface area is 184 Å². The smallest absolute Gasteiger partial charge is 0.253 e. The van der Waals surface area contributed by atoms with Gasteiger partial charge in [-0.1, -0.05) is 12.1 Å². The van der Waals surface area contributed by atoms with Crippen molar-refractivity contribution in [2.24, 2.45) is 0 Å². The Morgan fingerprint density at radius 3 is 2.75 bits per heavy atom. The van der Waals surface area contributed by atoms with Crippen LogP contribution in [0.3, 0.4) is 0 Å². The highest BCUT2D eigenvalue weighted by molar-refractivity contribution is 6.00. The van der Waals surface area contributed by atoms with E-state index in [4.69, 9.17) is 0 Å². The van der Waals surface area contributed by atoms with E-state index in [1.54, 1.807) is 24.5 Å². The zero-order valence-corrected chi connectivity index (χ0v) is 17.8. The summed E-state index contributed by atoms with van der Waals surface area (Å²) >= 11 is 0. The molecule has 3 aromatic heterocycles. The maximum absolute atomic E-state index is 13.4. The first-order valence-electron chi connectivity index (χ1n) is 10.5. The minimum Gasteiger partial charge on any atom is -0.347 e. The molecule has 7 nitrogen and oxygen atoms in total. The van der Waals surface area contributed by atoms with Gasteiger partial charge in [0.2, 0.25) is 0 Å². The van der Waals surface area contributed by atoms with Crippen molar-refractivity contribution < 1.29 is 9.18 Å². The van der Waals surface area contributed by atoms with Gasteiger partial charge in [-0.15, -0.1) is 0 Å². The maximum Gasteiger partial charge on any atom is 0.253 e. The number of aryl methyl sites for hydroxylation is 1. The van der Waals surface area contributed by atoms with Gasteiger partial charge in [-0.25, -0.2) is 9.37 Å². The topological polar surface area (TPSA) is 86.8 Å². The van der Waals surface area contributed by atoms with E-state index in [1.807, 2.05) is 32.2 Å². The standard InChI is InChI=1S/C24H23FN6O/c1-14-9-16(7-8-26-14)22-19-10-17(11-27-23(19)30-29-22)24(32)28-21-13-31(2)12-20(21)15-3-5-18(25)6-4-15/h3-11,20-21H,12-13H2,1-2H3,(H,28,32)(H,27,29,30). The third kappa shape index (κ3) is 3.85. The van der Waals surface area contributed by atoms with Crippen LogP contribution in [-0.4, -0.2) is 57.2 Å². The fourth-order valence-corrected chi connectivity index (χ4v) is 4.39. The third-order valence-corrected chi connectivity index (χ3v) is 5.97. The summed E-state index contributed by atoms with van der Waals surface area (Å²) in [6, 6.07) is 12.1. The zero-order valence-electron chi connectivity index (χ0n) is 17.8. The molecule has 0 spiro atoms. The van der Waals surface area contributed by atoms with Crippen molar-refractivity contribution in [3.8, 4) is 11.3 Å². The number of H-pyrrole nitrogens is 1. The van der Waals surface area contributed by atoms with Gasteiger partial charge >= 0.3 is 0 Å². The van der Waals surface area contributed by atoms with Crippen LogP contribution in [0.15, 0.2) is 54.9 Å². The lowest BCUT2D eigenvalue weighted by molar-refractivity contribution is 0.0935. The average Bonchev–Trinajstić information content (AvgIpc) is 3.37. The lowest BCUT2D eigenvalue weighted by Crippen LogP contribution is -2.39. The Bertz CT molecular complexity index is 1290. The molecule has 4 heterocycles. The van der Waals surface area contributed by atoms with Gasteiger partial charge in [0.15, 0.2) is 5.65 Å². The van der Waals surface area contributed by atoms with Gasteiger partial charge < -0.3 is 10.2 Å². The number of carbonyl (C=O) groups is 1.